The third kappa shape index (κ3) is 2.74. The van der Waals surface area contributed by atoms with Crippen LogP contribution in [0.25, 0.3) is 0 Å². The number of aromatic amines is 1. The van der Waals surface area contributed by atoms with E-state index in [1.807, 2.05) is 49.0 Å². The summed E-state index contributed by atoms with van der Waals surface area (Å²) in [6, 6.07) is 5.36. The maximum Gasteiger partial charge on any atom is 0.244 e. The van der Waals surface area contributed by atoms with E-state index in [0.717, 1.165) is 34.7 Å². The Balaban J connectivity index is 1.61. The third-order valence-electron chi connectivity index (χ3n) is 4.90. The third-order valence-corrected chi connectivity index (χ3v) is 4.90. The van der Waals surface area contributed by atoms with Crippen molar-refractivity contribution in [1.82, 2.24) is 20.0 Å². The van der Waals surface area contributed by atoms with Crippen molar-refractivity contribution in [2.24, 2.45) is 0 Å². The number of aryl methyl sites for hydroxylation is 1. The summed E-state index contributed by atoms with van der Waals surface area (Å²) in [5, 5.41) is 7.35. The van der Waals surface area contributed by atoms with Gasteiger partial charge in [0.05, 0.1) is 5.69 Å². The molecule has 1 atom stereocenters. The second-order valence-corrected chi connectivity index (χ2v) is 6.76. The lowest BCUT2D eigenvalue weighted by Crippen LogP contribution is -2.43. The number of benzene rings is 1. The molecule has 1 N–H and O–H groups in total. The normalized spacial score (nSPS) is 16.9. The Morgan fingerprint density at radius 3 is 2.92 bits per heavy atom. The molecule has 1 amide bonds. The van der Waals surface area contributed by atoms with E-state index in [1.165, 1.54) is 0 Å². The van der Waals surface area contributed by atoms with Gasteiger partial charge in [-0.05, 0) is 38.7 Å². The molecule has 0 bridgehead atoms. The highest BCUT2D eigenvalue weighted by Gasteiger charge is 2.32. The van der Waals surface area contributed by atoms with Gasteiger partial charge >= 0.3 is 0 Å². The van der Waals surface area contributed by atoms with Crippen molar-refractivity contribution in [2.75, 3.05) is 27.4 Å². The lowest BCUT2D eigenvalue weighted by Gasteiger charge is -2.33. The van der Waals surface area contributed by atoms with Gasteiger partial charge in [-0.3, -0.25) is 14.8 Å². The van der Waals surface area contributed by atoms with E-state index in [2.05, 4.69) is 10.2 Å². The lowest BCUT2D eigenvalue weighted by molar-refractivity contribution is -0.137. The van der Waals surface area contributed by atoms with Crippen molar-refractivity contribution in [1.29, 1.82) is 0 Å². The van der Waals surface area contributed by atoms with Gasteiger partial charge < -0.3 is 14.4 Å². The molecule has 0 radical (unpaired) electrons. The number of aromatic nitrogens is 2. The predicted molar refractivity (Wildman–Crippen MR) is 91.4 cm³/mol. The van der Waals surface area contributed by atoms with E-state index in [-0.39, 0.29) is 18.7 Å². The highest BCUT2D eigenvalue weighted by Crippen LogP contribution is 2.36. The summed E-state index contributed by atoms with van der Waals surface area (Å²) in [4.78, 5) is 17.1. The smallest absolute Gasteiger partial charge is 0.244 e. The molecular weight excluding hydrogens is 320 g/mol. The zero-order valence-electron chi connectivity index (χ0n) is 14.7. The average Bonchev–Trinajstić information content (AvgIpc) is 3.21. The van der Waals surface area contributed by atoms with Gasteiger partial charge in [-0.1, -0.05) is 6.07 Å². The summed E-state index contributed by atoms with van der Waals surface area (Å²) in [7, 11) is 3.84. The topological polar surface area (TPSA) is 70.7 Å². The number of carbonyl (C=O) groups excluding carboxylic acids is 1. The molecule has 1 aromatic heterocycles. The molecular formula is C18H22N4O3. The number of amides is 1. The van der Waals surface area contributed by atoms with Crippen molar-refractivity contribution >= 4 is 5.91 Å². The largest absolute Gasteiger partial charge is 0.454 e. The number of fused-ring (bicyclic) bond motifs is 2. The summed E-state index contributed by atoms with van der Waals surface area (Å²) in [6.07, 6.45) is 0.784. The number of likely N-dealkylation sites (N-methyl/N-ethyl adjacent to an activating group) is 1. The Bertz CT molecular complexity index is 815. The van der Waals surface area contributed by atoms with Crippen LogP contribution >= 0.6 is 0 Å². The van der Waals surface area contributed by atoms with Crippen LogP contribution in [-0.2, 0) is 17.8 Å². The number of nitrogens with zero attached hydrogens (tertiary/aromatic N) is 3. The van der Waals surface area contributed by atoms with E-state index in [9.17, 15) is 4.79 Å². The summed E-state index contributed by atoms with van der Waals surface area (Å²) in [5.74, 6) is 1.52. The first kappa shape index (κ1) is 16.0. The molecule has 3 heterocycles. The molecule has 0 unspecified atom stereocenters. The van der Waals surface area contributed by atoms with Gasteiger partial charge in [0, 0.05) is 30.8 Å². The fourth-order valence-electron chi connectivity index (χ4n) is 3.54. The van der Waals surface area contributed by atoms with Crippen LogP contribution < -0.4 is 9.47 Å². The minimum Gasteiger partial charge on any atom is -0.454 e. The molecule has 132 valence electrons. The molecule has 0 spiro atoms. The van der Waals surface area contributed by atoms with Crippen LogP contribution in [0.4, 0.5) is 0 Å². The van der Waals surface area contributed by atoms with Gasteiger partial charge in [0.1, 0.15) is 6.04 Å². The lowest BCUT2D eigenvalue weighted by atomic mass is 10.0. The maximum absolute atomic E-state index is 13.3. The van der Waals surface area contributed by atoms with Gasteiger partial charge in [-0.2, -0.15) is 5.10 Å². The Hall–Kier alpha value is -2.54. The molecule has 2 aliphatic rings. The highest BCUT2D eigenvalue weighted by atomic mass is 16.7. The van der Waals surface area contributed by atoms with Gasteiger partial charge in [0.2, 0.25) is 12.7 Å². The Kier molecular flexibility index (Phi) is 3.88. The molecule has 1 aromatic carbocycles. The number of rotatable bonds is 3. The van der Waals surface area contributed by atoms with Crippen molar-refractivity contribution in [3.05, 3.63) is 40.7 Å². The van der Waals surface area contributed by atoms with E-state index in [0.29, 0.717) is 18.8 Å². The van der Waals surface area contributed by atoms with Crippen LogP contribution in [-0.4, -0.2) is 53.3 Å². The maximum atomic E-state index is 13.3. The van der Waals surface area contributed by atoms with Crippen LogP contribution in [0.3, 0.4) is 0 Å². The molecule has 2 aliphatic heterocycles. The molecule has 7 nitrogen and oxygen atoms in total. The number of ether oxygens (including phenoxy) is 2. The number of hydrogen-bond acceptors (Lipinski definition) is 5. The number of nitrogens with one attached hydrogen (secondary N) is 1. The summed E-state index contributed by atoms with van der Waals surface area (Å²) >= 11 is 0. The monoisotopic (exact) mass is 342 g/mol. The predicted octanol–water partition coefficient (Wildman–Crippen LogP) is 1.63. The molecule has 7 heteroatoms. The molecule has 0 aliphatic carbocycles. The zero-order chi connectivity index (χ0) is 17.6. The van der Waals surface area contributed by atoms with Crippen LogP contribution in [0.15, 0.2) is 18.2 Å². The minimum absolute atomic E-state index is 0.0927. The highest BCUT2D eigenvalue weighted by molar-refractivity contribution is 5.84. The van der Waals surface area contributed by atoms with Crippen LogP contribution in [0.1, 0.15) is 28.6 Å². The first-order chi connectivity index (χ1) is 12.0. The Labute approximate surface area is 146 Å². The zero-order valence-corrected chi connectivity index (χ0v) is 14.7. The second-order valence-electron chi connectivity index (χ2n) is 6.76. The standard InChI is InChI=1S/C18H22N4O3/c1-11-13-9-22(7-6-14(13)20-19-11)18(23)17(21(2)3)12-4-5-15-16(8-12)25-10-24-15/h4-5,8,17H,6-7,9-10H2,1-3H3,(H,19,20)/t17-/m1/s1. The fourth-order valence-corrected chi connectivity index (χ4v) is 3.54. The first-order valence-electron chi connectivity index (χ1n) is 8.42. The van der Waals surface area contributed by atoms with Crippen molar-refractivity contribution in [3.8, 4) is 11.5 Å². The number of hydrogen-bond donors (Lipinski definition) is 1. The molecule has 25 heavy (non-hydrogen) atoms. The van der Waals surface area contributed by atoms with Gasteiger partial charge in [0.25, 0.3) is 0 Å². The molecule has 0 saturated carbocycles. The van der Waals surface area contributed by atoms with Crippen molar-refractivity contribution < 1.29 is 14.3 Å². The second kappa shape index (κ2) is 6.07. The van der Waals surface area contributed by atoms with Gasteiger partial charge in [-0.25, -0.2) is 0 Å². The minimum atomic E-state index is -0.358. The van der Waals surface area contributed by atoms with Gasteiger partial charge in [-0.15, -0.1) is 0 Å². The average molecular weight is 342 g/mol. The molecule has 4 rings (SSSR count). The van der Waals surface area contributed by atoms with Crippen molar-refractivity contribution in [2.45, 2.75) is 25.9 Å². The van der Waals surface area contributed by atoms with Gasteiger partial charge in [0.15, 0.2) is 11.5 Å². The van der Waals surface area contributed by atoms with Crippen LogP contribution in [0, 0.1) is 6.92 Å². The molecule has 2 aromatic rings. The first-order valence-corrected chi connectivity index (χ1v) is 8.42. The van der Waals surface area contributed by atoms with Crippen LogP contribution in [0.5, 0.6) is 11.5 Å². The number of H-pyrrole nitrogens is 1. The van der Waals surface area contributed by atoms with Crippen molar-refractivity contribution in [3.63, 3.8) is 0 Å². The molecule has 0 saturated heterocycles. The fraction of sp³-hybridized carbons (Fsp3) is 0.444. The Morgan fingerprint density at radius 2 is 2.12 bits per heavy atom. The molecule has 0 fully saturated rings. The number of carbonyl (C=O) groups is 1. The summed E-state index contributed by atoms with van der Waals surface area (Å²) in [6.45, 7) is 3.52. The van der Waals surface area contributed by atoms with E-state index < -0.39 is 0 Å². The van der Waals surface area contributed by atoms with E-state index in [4.69, 9.17) is 9.47 Å². The summed E-state index contributed by atoms with van der Waals surface area (Å²) < 4.78 is 10.8. The quantitative estimate of drug-likeness (QED) is 0.918. The Morgan fingerprint density at radius 1 is 1.32 bits per heavy atom. The van der Waals surface area contributed by atoms with E-state index >= 15 is 0 Å². The SMILES string of the molecule is Cc1[nH]nc2c1CN(C(=O)[C@@H](c1ccc3c(c1)OCO3)N(C)C)CC2. The summed E-state index contributed by atoms with van der Waals surface area (Å²) in [5.41, 5.74) is 4.17. The van der Waals surface area contributed by atoms with Crippen LogP contribution in [0.2, 0.25) is 0 Å². The van der Waals surface area contributed by atoms with E-state index in [1.54, 1.807) is 0 Å².